The van der Waals surface area contributed by atoms with Gasteiger partial charge in [-0.15, -0.1) is 12.6 Å². The Morgan fingerprint density at radius 1 is 0.800 bits per heavy atom. The normalized spacial score (nSPS) is 31.9. The average Bonchev–Trinajstić information content (AvgIpc) is 2.48. The fraction of sp³-hybridized carbons (Fsp3) is 1.00. The number of hydrogen-bond donors (Lipinski definition) is 1. The van der Waals surface area contributed by atoms with Gasteiger partial charge in [0.2, 0.25) is 0 Å². The minimum atomic E-state index is 0. The SMILES string of the molecule is CC1CCNC(C)CCN(C)C(C)CCN(C)C(C)CC[N-]1.[Cl-].[Cl-].[Ti+3]. The first-order valence-corrected chi connectivity index (χ1v) is 9.20. The molecule has 1 N–H and O–H groups in total. The molecular weight excluding hydrogens is 391 g/mol. The smallest absolute Gasteiger partial charge is 1.00 e. The van der Waals surface area contributed by atoms with Crippen molar-refractivity contribution in [1.82, 2.24) is 15.1 Å². The molecule has 1 aliphatic rings. The molecule has 0 saturated carbocycles. The molecule has 4 nitrogen and oxygen atoms in total. The summed E-state index contributed by atoms with van der Waals surface area (Å²) in [5.41, 5.74) is 0. The summed E-state index contributed by atoms with van der Waals surface area (Å²) in [5.74, 6) is 0. The molecule has 7 heteroatoms. The Kier molecular flexibility index (Phi) is 21.3. The van der Waals surface area contributed by atoms with Crippen molar-refractivity contribution in [1.29, 1.82) is 0 Å². The van der Waals surface area contributed by atoms with Crippen molar-refractivity contribution >= 4 is 0 Å². The van der Waals surface area contributed by atoms with Gasteiger partial charge in [-0.25, -0.2) is 0 Å². The second-order valence-electron chi connectivity index (χ2n) is 7.42. The maximum absolute atomic E-state index is 4.82. The molecule has 1 aliphatic heterocycles. The van der Waals surface area contributed by atoms with E-state index < -0.39 is 0 Å². The van der Waals surface area contributed by atoms with Gasteiger partial charge in [0.05, 0.1) is 0 Å². The van der Waals surface area contributed by atoms with Crippen LogP contribution in [0.1, 0.15) is 53.4 Å². The van der Waals surface area contributed by atoms with Crippen molar-refractivity contribution < 1.29 is 46.5 Å². The molecule has 1 fully saturated rings. The quantitative estimate of drug-likeness (QED) is 0.415. The summed E-state index contributed by atoms with van der Waals surface area (Å²) in [7, 11) is 4.53. The zero-order valence-corrected chi connectivity index (χ0v) is 20.1. The molecule has 0 aliphatic carbocycles. The Morgan fingerprint density at radius 3 is 1.92 bits per heavy atom. The van der Waals surface area contributed by atoms with Crippen molar-refractivity contribution in [2.75, 3.05) is 40.3 Å². The molecule has 0 bridgehead atoms. The Balaban J connectivity index is -0.00000161. The molecule has 0 aromatic carbocycles. The van der Waals surface area contributed by atoms with Gasteiger partial charge in [-0.05, 0) is 67.3 Å². The van der Waals surface area contributed by atoms with Crippen molar-refractivity contribution in [3.8, 4) is 0 Å². The fourth-order valence-corrected chi connectivity index (χ4v) is 2.88. The largest absolute Gasteiger partial charge is 3.00 e. The van der Waals surface area contributed by atoms with Gasteiger partial charge in [0.1, 0.15) is 0 Å². The molecule has 1 rings (SSSR count). The van der Waals surface area contributed by atoms with Gasteiger partial charge >= 0.3 is 21.7 Å². The predicted octanol–water partition coefficient (Wildman–Crippen LogP) is -3.05. The van der Waals surface area contributed by atoms with E-state index in [1.54, 1.807) is 0 Å². The van der Waals surface area contributed by atoms with Crippen LogP contribution in [0, 0.1) is 0 Å². The third-order valence-corrected chi connectivity index (χ3v) is 5.36. The maximum Gasteiger partial charge on any atom is 3.00 e. The van der Waals surface area contributed by atoms with Gasteiger partial charge in [-0.2, -0.15) is 0 Å². The second-order valence-corrected chi connectivity index (χ2v) is 7.42. The number of hydrogen-bond acceptors (Lipinski definition) is 3. The van der Waals surface area contributed by atoms with Crippen LogP contribution in [-0.2, 0) is 21.7 Å². The molecule has 0 spiro atoms. The van der Waals surface area contributed by atoms with E-state index in [-0.39, 0.29) is 46.5 Å². The third-order valence-electron chi connectivity index (χ3n) is 5.36. The molecule has 0 aromatic rings. The minimum absolute atomic E-state index is 0. The number of nitrogens with zero attached hydrogens (tertiary/aromatic N) is 3. The van der Waals surface area contributed by atoms with Crippen LogP contribution in [0.2, 0.25) is 0 Å². The van der Waals surface area contributed by atoms with E-state index in [1.165, 1.54) is 32.4 Å². The summed E-state index contributed by atoms with van der Waals surface area (Å²) >= 11 is 0. The maximum atomic E-state index is 4.82. The summed E-state index contributed by atoms with van der Waals surface area (Å²) in [6.07, 6.45) is 4.79. The zero-order valence-electron chi connectivity index (χ0n) is 17.1. The van der Waals surface area contributed by atoms with Crippen LogP contribution in [0.5, 0.6) is 0 Å². The van der Waals surface area contributed by atoms with E-state index in [2.05, 4.69) is 56.9 Å². The van der Waals surface area contributed by atoms with Gasteiger partial charge in [0.25, 0.3) is 0 Å². The van der Waals surface area contributed by atoms with Crippen LogP contribution >= 0.6 is 0 Å². The van der Waals surface area contributed by atoms with E-state index in [0.29, 0.717) is 24.2 Å². The molecule has 1 saturated heterocycles. The van der Waals surface area contributed by atoms with Gasteiger partial charge in [-0.3, -0.25) is 0 Å². The van der Waals surface area contributed by atoms with E-state index >= 15 is 0 Å². The van der Waals surface area contributed by atoms with Gasteiger partial charge in [0, 0.05) is 18.1 Å². The molecule has 1 heterocycles. The fourth-order valence-electron chi connectivity index (χ4n) is 2.88. The minimum Gasteiger partial charge on any atom is -1.00 e. The Morgan fingerprint density at radius 2 is 1.32 bits per heavy atom. The molecule has 1 radical (unpaired) electrons. The third kappa shape index (κ3) is 13.9. The average molecular weight is 430 g/mol. The first-order chi connectivity index (χ1) is 10.4. The summed E-state index contributed by atoms with van der Waals surface area (Å²) in [5, 5.41) is 8.47. The predicted molar refractivity (Wildman–Crippen MR) is 97.8 cm³/mol. The molecule has 4 atom stereocenters. The summed E-state index contributed by atoms with van der Waals surface area (Å²) in [4.78, 5) is 5.01. The summed E-state index contributed by atoms with van der Waals surface area (Å²) in [6, 6.07) is 2.35. The number of halogens is 2. The standard InChI is InChI=1S/C18H39N4.2ClH.Ti/c1-15-7-11-19-16(2)9-13-21(5)18(4)10-14-22(6)17(3)8-12-20-15;;;/h15-19H,7-14H2,1-6H3;2*1H;/q-1;;;+3/p-2. The number of rotatable bonds is 0. The Bertz CT molecular complexity index is 300. The molecule has 25 heavy (non-hydrogen) atoms. The molecule has 149 valence electrons. The van der Waals surface area contributed by atoms with Crippen LogP contribution < -0.4 is 30.1 Å². The van der Waals surface area contributed by atoms with Crippen LogP contribution in [0.25, 0.3) is 5.32 Å². The van der Waals surface area contributed by atoms with E-state index in [4.69, 9.17) is 5.32 Å². The summed E-state index contributed by atoms with van der Waals surface area (Å²) in [6.45, 7) is 13.7. The van der Waals surface area contributed by atoms with E-state index in [0.717, 1.165) is 19.5 Å². The van der Waals surface area contributed by atoms with Gasteiger partial charge in [-0.1, -0.05) is 19.8 Å². The first kappa shape index (κ1) is 30.8. The van der Waals surface area contributed by atoms with Gasteiger partial charge in [0.15, 0.2) is 0 Å². The molecular formula is C18H39Cl2N4Ti. The Labute approximate surface area is 184 Å². The van der Waals surface area contributed by atoms with Crippen LogP contribution in [0.15, 0.2) is 0 Å². The first-order valence-electron chi connectivity index (χ1n) is 9.20. The van der Waals surface area contributed by atoms with E-state index in [1.807, 2.05) is 0 Å². The van der Waals surface area contributed by atoms with Crippen molar-refractivity contribution in [2.45, 2.75) is 77.5 Å². The number of nitrogens with one attached hydrogen (secondary N) is 1. The van der Waals surface area contributed by atoms with Gasteiger partial charge < -0.3 is 45.2 Å². The van der Waals surface area contributed by atoms with Crippen molar-refractivity contribution in [3.05, 3.63) is 5.32 Å². The van der Waals surface area contributed by atoms with Crippen LogP contribution in [-0.4, -0.2) is 74.2 Å². The zero-order chi connectivity index (χ0) is 16.5. The molecule has 4 unspecified atom stereocenters. The molecule has 0 aromatic heterocycles. The molecule has 0 amide bonds. The van der Waals surface area contributed by atoms with Crippen LogP contribution in [0.4, 0.5) is 0 Å². The second kappa shape index (κ2) is 17.2. The van der Waals surface area contributed by atoms with E-state index in [9.17, 15) is 0 Å². The van der Waals surface area contributed by atoms with Crippen molar-refractivity contribution in [2.24, 2.45) is 0 Å². The Hall–Kier alpha value is 1.13. The topological polar surface area (TPSA) is 32.6 Å². The monoisotopic (exact) mass is 429 g/mol. The summed E-state index contributed by atoms with van der Waals surface area (Å²) < 4.78 is 0. The van der Waals surface area contributed by atoms with Crippen LogP contribution in [0.3, 0.4) is 0 Å². The van der Waals surface area contributed by atoms with Crippen molar-refractivity contribution in [3.63, 3.8) is 0 Å².